The van der Waals surface area contributed by atoms with Crippen LogP contribution in [0.4, 0.5) is 0 Å². The first-order valence-corrected chi connectivity index (χ1v) is 7.60. The number of carbonyl (C=O) groups is 2. The molecule has 23 heavy (non-hydrogen) atoms. The Morgan fingerprint density at radius 2 is 1.91 bits per heavy atom. The van der Waals surface area contributed by atoms with Crippen LogP contribution in [0.15, 0.2) is 42.6 Å². The minimum atomic E-state index is -0.697. The molecule has 0 aliphatic rings. The Balaban J connectivity index is 1.72. The number of aromatic nitrogens is 1. The summed E-state index contributed by atoms with van der Waals surface area (Å²) in [6.07, 6.45) is 2.03. The van der Waals surface area contributed by atoms with Crippen molar-refractivity contribution in [3.63, 3.8) is 0 Å². The molecule has 0 spiro atoms. The van der Waals surface area contributed by atoms with E-state index in [9.17, 15) is 9.59 Å². The fraction of sp³-hybridized carbons (Fsp3) is 0.188. The van der Waals surface area contributed by atoms with Crippen molar-refractivity contribution in [2.45, 2.75) is 6.42 Å². The van der Waals surface area contributed by atoms with E-state index in [-0.39, 0.29) is 18.2 Å². The number of carbonyl (C=O) groups excluding carboxylic acids is 2. The zero-order valence-electron chi connectivity index (χ0n) is 12.1. The molecule has 1 aromatic carbocycles. The number of hydrogen-bond acceptors (Lipinski definition) is 4. The number of nitrogens with zero attached hydrogens (tertiary/aromatic N) is 1. The van der Waals surface area contributed by atoms with Gasteiger partial charge in [0.25, 0.3) is 5.91 Å². The number of rotatable bonds is 6. The van der Waals surface area contributed by atoms with Crippen LogP contribution in [0.1, 0.15) is 16.1 Å². The quantitative estimate of drug-likeness (QED) is 0.811. The van der Waals surface area contributed by atoms with Crippen LogP contribution in [0, 0.1) is 0 Å². The van der Waals surface area contributed by atoms with Crippen LogP contribution >= 0.6 is 23.2 Å². The van der Waals surface area contributed by atoms with Crippen molar-refractivity contribution in [2.75, 3.05) is 13.2 Å². The molecule has 0 aliphatic carbocycles. The summed E-state index contributed by atoms with van der Waals surface area (Å²) in [6, 6.07) is 10.3. The van der Waals surface area contributed by atoms with Crippen molar-refractivity contribution in [1.29, 1.82) is 0 Å². The molecule has 0 radical (unpaired) electrons. The van der Waals surface area contributed by atoms with Crippen molar-refractivity contribution in [3.05, 3.63) is 63.9 Å². The number of esters is 1. The first-order chi connectivity index (χ1) is 11.0. The minimum Gasteiger partial charge on any atom is -0.451 e. The molecule has 0 unspecified atom stereocenters. The molecule has 0 fully saturated rings. The molecule has 7 heteroatoms. The molecule has 0 saturated heterocycles. The SMILES string of the molecule is O=C(COC(=O)c1cc(Cl)ccn1)NCCc1cccc(Cl)c1. The number of halogens is 2. The van der Waals surface area contributed by atoms with Crippen LogP contribution in [0.25, 0.3) is 0 Å². The highest BCUT2D eigenvalue weighted by Crippen LogP contribution is 2.11. The van der Waals surface area contributed by atoms with Crippen molar-refractivity contribution < 1.29 is 14.3 Å². The molecule has 1 N–H and O–H groups in total. The Hall–Kier alpha value is -2.11. The third-order valence-corrected chi connectivity index (χ3v) is 3.36. The summed E-state index contributed by atoms with van der Waals surface area (Å²) in [4.78, 5) is 27.2. The van der Waals surface area contributed by atoms with Gasteiger partial charge in [0.2, 0.25) is 0 Å². The molecule has 5 nitrogen and oxygen atoms in total. The monoisotopic (exact) mass is 352 g/mol. The van der Waals surface area contributed by atoms with Gasteiger partial charge in [0.05, 0.1) is 0 Å². The third-order valence-electron chi connectivity index (χ3n) is 2.89. The smallest absolute Gasteiger partial charge is 0.357 e. The van der Waals surface area contributed by atoms with Crippen molar-refractivity contribution >= 4 is 35.1 Å². The van der Waals surface area contributed by atoms with E-state index >= 15 is 0 Å². The average molecular weight is 353 g/mol. The lowest BCUT2D eigenvalue weighted by atomic mass is 10.1. The largest absolute Gasteiger partial charge is 0.451 e. The summed E-state index contributed by atoms with van der Waals surface area (Å²) in [5.74, 6) is -1.08. The Morgan fingerprint density at radius 3 is 2.65 bits per heavy atom. The molecular formula is C16H14Cl2N2O3. The van der Waals surface area contributed by atoms with Crippen molar-refractivity contribution in [3.8, 4) is 0 Å². The van der Waals surface area contributed by atoms with Crippen molar-refractivity contribution in [1.82, 2.24) is 10.3 Å². The first kappa shape index (κ1) is 17.2. The van der Waals surface area contributed by atoms with Gasteiger partial charge in [-0.3, -0.25) is 4.79 Å². The van der Waals surface area contributed by atoms with E-state index in [1.807, 2.05) is 18.2 Å². The van der Waals surface area contributed by atoms with Gasteiger partial charge < -0.3 is 10.1 Å². The van der Waals surface area contributed by atoms with Gasteiger partial charge in [-0.1, -0.05) is 35.3 Å². The number of ether oxygens (including phenoxy) is 1. The summed E-state index contributed by atoms with van der Waals surface area (Å²) in [5.41, 5.74) is 1.07. The number of nitrogens with one attached hydrogen (secondary N) is 1. The molecule has 1 aromatic heterocycles. The fourth-order valence-electron chi connectivity index (χ4n) is 1.81. The van der Waals surface area contributed by atoms with E-state index in [0.717, 1.165) is 5.56 Å². The van der Waals surface area contributed by atoms with Crippen LogP contribution in [-0.4, -0.2) is 30.0 Å². The second kappa shape index (κ2) is 8.50. The fourth-order valence-corrected chi connectivity index (χ4v) is 2.18. The lowest BCUT2D eigenvalue weighted by Crippen LogP contribution is -2.30. The highest BCUT2D eigenvalue weighted by atomic mass is 35.5. The molecule has 2 aromatic rings. The summed E-state index contributed by atoms with van der Waals surface area (Å²) in [6.45, 7) is 0.0503. The predicted octanol–water partition coefficient (Wildman–Crippen LogP) is 2.90. The molecule has 1 amide bonds. The van der Waals surface area contributed by atoms with Crippen LogP contribution < -0.4 is 5.32 Å². The van der Waals surface area contributed by atoms with Gasteiger partial charge in [0.15, 0.2) is 6.61 Å². The lowest BCUT2D eigenvalue weighted by molar-refractivity contribution is -0.124. The van der Waals surface area contributed by atoms with Gasteiger partial charge in [-0.25, -0.2) is 9.78 Å². The van der Waals surface area contributed by atoms with Gasteiger partial charge in [0.1, 0.15) is 5.69 Å². The highest BCUT2D eigenvalue weighted by Gasteiger charge is 2.11. The van der Waals surface area contributed by atoms with E-state index in [0.29, 0.717) is 23.0 Å². The Labute approximate surface area is 143 Å². The number of hydrogen-bond donors (Lipinski definition) is 1. The molecule has 0 bridgehead atoms. The summed E-state index contributed by atoms with van der Waals surface area (Å²) in [7, 11) is 0. The maximum absolute atomic E-state index is 11.7. The average Bonchev–Trinajstić information content (AvgIpc) is 2.52. The van der Waals surface area contributed by atoms with Gasteiger partial charge in [-0.05, 0) is 36.2 Å². The second-order valence-electron chi connectivity index (χ2n) is 4.67. The predicted molar refractivity (Wildman–Crippen MR) is 87.7 cm³/mol. The molecule has 0 atom stereocenters. The second-order valence-corrected chi connectivity index (χ2v) is 5.54. The minimum absolute atomic E-state index is 0.0595. The van der Waals surface area contributed by atoms with Crippen LogP contribution in [0.5, 0.6) is 0 Å². The zero-order chi connectivity index (χ0) is 16.7. The topological polar surface area (TPSA) is 68.3 Å². The normalized spacial score (nSPS) is 10.2. The van der Waals surface area contributed by atoms with E-state index in [1.165, 1.54) is 12.3 Å². The summed E-state index contributed by atoms with van der Waals surface area (Å²) in [5, 5.41) is 3.69. The van der Waals surface area contributed by atoms with Gasteiger partial charge in [0, 0.05) is 22.8 Å². The van der Waals surface area contributed by atoms with Gasteiger partial charge >= 0.3 is 5.97 Å². The standard InChI is InChI=1S/C16H14Cl2N2O3/c17-12-3-1-2-11(8-12)4-6-20-15(21)10-23-16(22)14-9-13(18)5-7-19-14/h1-3,5,7-9H,4,6,10H2,(H,20,21). The maximum Gasteiger partial charge on any atom is 0.357 e. The van der Waals surface area contributed by atoms with Crippen LogP contribution in [0.2, 0.25) is 10.0 Å². The van der Waals surface area contributed by atoms with Gasteiger partial charge in [-0.15, -0.1) is 0 Å². The zero-order valence-corrected chi connectivity index (χ0v) is 13.6. The molecule has 1 heterocycles. The van der Waals surface area contributed by atoms with Crippen LogP contribution in [0.3, 0.4) is 0 Å². The van der Waals surface area contributed by atoms with Crippen molar-refractivity contribution in [2.24, 2.45) is 0 Å². The van der Waals surface area contributed by atoms with Gasteiger partial charge in [-0.2, -0.15) is 0 Å². The van der Waals surface area contributed by atoms with E-state index in [1.54, 1.807) is 12.1 Å². The summed E-state index contributed by atoms with van der Waals surface area (Å²) >= 11 is 11.6. The first-order valence-electron chi connectivity index (χ1n) is 6.84. The molecular weight excluding hydrogens is 339 g/mol. The molecule has 2 rings (SSSR count). The Bertz CT molecular complexity index is 707. The molecule has 0 saturated carbocycles. The van der Waals surface area contributed by atoms with Crippen LogP contribution in [-0.2, 0) is 16.0 Å². The van der Waals surface area contributed by atoms with E-state index in [2.05, 4.69) is 10.3 Å². The lowest BCUT2D eigenvalue weighted by Gasteiger charge is -2.07. The number of benzene rings is 1. The molecule has 0 aliphatic heterocycles. The van der Waals surface area contributed by atoms with E-state index in [4.69, 9.17) is 27.9 Å². The Kier molecular flexibility index (Phi) is 6.38. The number of pyridine rings is 1. The Morgan fingerprint density at radius 1 is 1.13 bits per heavy atom. The number of amides is 1. The molecule has 120 valence electrons. The maximum atomic E-state index is 11.7. The summed E-state index contributed by atoms with van der Waals surface area (Å²) < 4.78 is 4.87. The third kappa shape index (κ3) is 5.88. The van der Waals surface area contributed by atoms with E-state index < -0.39 is 5.97 Å². The highest BCUT2D eigenvalue weighted by molar-refractivity contribution is 6.31.